The second-order valence-electron chi connectivity index (χ2n) is 19.0. The van der Waals surface area contributed by atoms with Crippen LogP contribution in [0.4, 0.5) is 0 Å². The van der Waals surface area contributed by atoms with Gasteiger partial charge in [-0.1, -0.05) is 293 Å². The maximum absolute atomic E-state index is 12.8. The fourth-order valence-corrected chi connectivity index (χ4v) is 8.18. The molecule has 6 nitrogen and oxygen atoms in total. The summed E-state index contributed by atoms with van der Waals surface area (Å²) in [6.07, 6.45) is 68.0. The van der Waals surface area contributed by atoms with E-state index in [9.17, 15) is 14.4 Å². The van der Waals surface area contributed by atoms with Gasteiger partial charge in [0.25, 0.3) is 0 Å². The third kappa shape index (κ3) is 52.1. The Balaban J connectivity index is 4.38. The summed E-state index contributed by atoms with van der Waals surface area (Å²) in [5, 5.41) is 0. The molecule has 0 N–H and O–H groups in total. The Labute approximate surface area is 409 Å². The van der Waals surface area contributed by atoms with Gasteiger partial charge in [-0.15, -0.1) is 0 Å². The van der Waals surface area contributed by atoms with Gasteiger partial charge in [0.15, 0.2) is 6.10 Å². The zero-order chi connectivity index (χ0) is 47.9. The van der Waals surface area contributed by atoms with Crippen molar-refractivity contribution in [1.82, 2.24) is 0 Å². The number of carbonyl (C=O) groups is 3. The molecule has 0 aliphatic heterocycles. The van der Waals surface area contributed by atoms with Crippen molar-refractivity contribution in [1.29, 1.82) is 0 Å². The van der Waals surface area contributed by atoms with E-state index in [0.717, 1.165) is 51.4 Å². The lowest BCUT2D eigenvalue weighted by Gasteiger charge is -2.18. The summed E-state index contributed by atoms with van der Waals surface area (Å²) >= 11 is 0. The first-order chi connectivity index (χ1) is 32.5. The molecule has 1 unspecified atom stereocenters. The minimum absolute atomic E-state index is 0.0926. The first kappa shape index (κ1) is 63.1. The maximum Gasteiger partial charge on any atom is 0.306 e. The molecule has 0 aliphatic rings. The van der Waals surface area contributed by atoms with E-state index in [1.54, 1.807) is 0 Å². The van der Waals surface area contributed by atoms with Crippen LogP contribution in [0.1, 0.15) is 284 Å². The third-order valence-electron chi connectivity index (χ3n) is 12.4. The molecule has 0 amide bonds. The van der Waals surface area contributed by atoms with Gasteiger partial charge in [0.05, 0.1) is 0 Å². The minimum atomic E-state index is -0.799. The Morgan fingerprint density at radius 3 is 0.924 bits per heavy atom. The van der Waals surface area contributed by atoms with Crippen LogP contribution in [-0.4, -0.2) is 37.2 Å². The van der Waals surface area contributed by atoms with Crippen LogP contribution in [0.15, 0.2) is 60.8 Å². The molecular formula is C60H106O6. The number of unbranched alkanes of at least 4 members (excludes halogenated alkanes) is 34. The molecule has 0 heterocycles. The molecule has 0 spiro atoms. The average molecular weight is 924 g/mol. The van der Waals surface area contributed by atoms with Gasteiger partial charge in [0.2, 0.25) is 0 Å². The predicted molar refractivity (Wildman–Crippen MR) is 284 cm³/mol. The van der Waals surface area contributed by atoms with Gasteiger partial charge in [-0.3, -0.25) is 14.4 Å². The highest BCUT2D eigenvalue weighted by atomic mass is 16.6. The highest BCUT2D eigenvalue weighted by Crippen LogP contribution is 2.17. The molecule has 0 aromatic carbocycles. The molecule has 0 radical (unpaired) electrons. The number of rotatable bonds is 51. The van der Waals surface area contributed by atoms with E-state index >= 15 is 0 Å². The highest BCUT2D eigenvalue weighted by Gasteiger charge is 2.19. The molecule has 382 valence electrons. The smallest absolute Gasteiger partial charge is 0.306 e. The standard InChI is InChI=1S/C60H106O6/c1-4-7-10-13-16-19-22-25-27-29-30-31-33-35-38-41-44-47-50-53-59(62)65-56-57(55-64-58(61)52-49-46-43-40-37-34-24-21-18-15-12-9-6-3)66-60(63)54-51-48-45-42-39-36-32-28-26-23-20-17-14-11-8-5-2/h9,12,15,18,21,24,34,37,40,43,57H,4-8,10-11,13-14,16-17,19-20,22-23,25-33,35-36,38-39,41-42,44-56H2,1-3H3/b12-9-,18-15-,24-21-,37-34-,43-40-. The Hall–Kier alpha value is -2.89. The van der Waals surface area contributed by atoms with E-state index in [4.69, 9.17) is 14.2 Å². The molecule has 0 saturated heterocycles. The highest BCUT2D eigenvalue weighted by molar-refractivity contribution is 5.71. The molecule has 6 heteroatoms. The molecule has 66 heavy (non-hydrogen) atoms. The number of carbonyl (C=O) groups excluding carboxylic acids is 3. The summed E-state index contributed by atoms with van der Waals surface area (Å²) in [6, 6.07) is 0. The van der Waals surface area contributed by atoms with Crippen LogP contribution in [0, 0.1) is 0 Å². The normalized spacial score (nSPS) is 12.5. The van der Waals surface area contributed by atoms with Crippen molar-refractivity contribution in [3.8, 4) is 0 Å². The Bertz CT molecular complexity index is 1200. The lowest BCUT2D eigenvalue weighted by atomic mass is 10.0. The van der Waals surface area contributed by atoms with Crippen LogP contribution in [0.25, 0.3) is 0 Å². The molecular weight excluding hydrogens is 817 g/mol. The van der Waals surface area contributed by atoms with Crippen LogP contribution in [0.5, 0.6) is 0 Å². The van der Waals surface area contributed by atoms with Gasteiger partial charge in [0.1, 0.15) is 13.2 Å². The Morgan fingerprint density at radius 2 is 0.591 bits per heavy atom. The van der Waals surface area contributed by atoms with Crippen molar-refractivity contribution in [3.63, 3.8) is 0 Å². The van der Waals surface area contributed by atoms with Crippen LogP contribution >= 0.6 is 0 Å². The summed E-state index contributed by atoms with van der Waals surface area (Å²) in [6.45, 7) is 6.47. The first-order valence-electron chi connectivity index (χ1n) is 28.4. The van der Waals surface area contributed by atoms with E-state index in [1.165, 1.54) is 186 Å². The molecule has 0 aliphatic carbocycles. The lowest BCUT2D eigenvalue weighted by Crippen LogP contribution is -2.30. The zero-order valence-corrected chi connectivity index (χ0v) is 43.7. The van der Waals surface area contributed by atoms with Gasteiger partial charge in [-0.25, -0.2) is 0 Å². The first-order valence-corrected chi connectivity index (χ1v) is 28.4. The molecule has 0 fully saturated rings. The second-order valence-corrected chi connectivity index (χ2v) is 19.0. The summed E-state index contributed by atoms with van der Waals surface area (Å²) < 4.78 is 16.8. The quantitative estimate of drug-likeness (QED) is 0.0262. The summed E-state index contributed by atoms with van der Waals surface area (Å²) in [4.78, 5) is 38.1. The van der Waals surface area contributed by atoms with Gasteiger partial charge in [-0.2, -0.15) is 0 Å². The van der Waals surface area contributed by atoms with Gasteiger partial charge in [0, 0.05) is 19.3 Å². The van der Waals surface area contributed by atoms with Crippen LogP contribution in [0.2, 0.25) is 0 Å². The number of esters is 3. The van der Waals surface area contributed by atoms with Gasteiger partial charge in [-0.05, 0) is 32.1 Å². The van der Waals surface area contributed by atoms with E-state index < -0.39 is 6.10 Å². The number of allylic oxidation sites excluding steroid dienone is 10. The van der Waals surface area contributed by atoms with E-state index in [2.05, 4.69) is 26.8 Å². The van der Waals surface area contributed by atoms with E-state index in [1.807, 2.05) is 54.7 Å². The summed E-state index contributed by atoms with van der Waals surface area (Å²) in [5.74, 6) is -0.956. The fourth-order valence-electron chi connectivity index (χ4n) is 8.18. The fraction of sp³-hybridized carbons (Fsp3) is 0.783. The van der Waals surface area contributed by atoms with Crippen molar-refractivity contribution >= 4 is 17.9 Å². The predicted octanol–water partition coefficient (Wildman–Crippen LogP) is 18.8. The second kappa shape index (κ2) is 54.7. The third-order valence-corrected chi connectivity index (χ3v) is 12.4. The zero-order valence-electron chi connectivity index (χ0n) is 43.7. The topological polar surface area (TPSA) is 78.9 Å². The Kier molecular flexibility index (Phi) is 52.3. The van der Waals surface area contributed by atoms with Crippen LogP contribution < -0.4 is 0 Å². The van der Waals surface area contributed by atoms with Crippen molar-refractivity contribution in [2.75, 3.05) is 13.2 Å². The van der Waals surface area contributed by atoms with Crippen molar-refractivity contribution in [2.45, 2.75) is 290 Å². The number of ether oxygens (including phenoxy) is 3. The van der Waals surface area contributed by atoms with Crippen molar-refractivity contribution in [3.05, 3.63) is 60.8 Å². The molecule has 0 saturated carbocycles. The van der Waals surface area contributed by atoms with Crippen molar-refractivity contribution in [2.24, 2.45) is 0 Å². The average Bonchev–Trinajstić information content (AvgIpc) is 3.31. The summed E-state index contributed by atoms with van der Waals surface area (Å²) in [5.41, 5.74) is 0. The molecule has 0 aromatic heterocycles. The largest absolute Gasteiger partial charge is 0.462 e. The molecule has 0 aromatic rings. The lowest BCUT2D eigenvalue weighted by molar-refractivity contribution is -0.167. The van der Waals surface area contributed by atoms with Crippen LogP contribution in [-0.2, 0) is 28.6 Å². The van der Waals surface area contributed by atoms with Crippen LogP contribution in [0.3, 0.4) is 0 Å². The minimum Gasteiger partial charge on any atom is -0.462 e. The maximum atomic E-state index is 12.8. The molecule has 0 rings (SSSR count). The van der Waals surface area contributed by atoms with Gasteiger partial charge >= 0.3 is 17.9 Å². The van der Waals surface area contributed by atoms with E-state index in [-0.39, 0.29) is 37.5 Å². The number of hydrogen-bond acceptors (Lipinski definition) is 6. The molecule has 0 bridgehead atoms. The molecule has 1 atom stereocenters. The Morgan fingerprint density at radius 1 is 0.318 bits per heavy atom. The number of hydrogen-bond donors (Lipinski definition) is 0. The monoisotopic (exact) mass is 923 g/mol. The van der Waals surface area contributed by atoms with Gasteiger partial charge < -0.3 is 14.2 Å². The summed E-state index contributed by atoms with van der Waals surface area (Å²) in [7, 11) is 0. The van der Waals surface area contributed by atoms with E-state index in [0.29, 0.717) is 19.3 Å². The van der Waals surface area contributed by atoms with Crippen molar-refractivity contribution < 1.29 is 28.6 Å². The SMILES string of the molecule is CC\C=C/C=C\C=C/C=C\C=C/CCCC(=O)OCC(COC(=O)CCCCCCCCCCCCCCCCCCCCC)OC(=O)CCCCCCCCCCCCCCCCCC.